The normalized spacial score (nSPS) is 10.4. The van der Waals surface area contributed by atoms with E-state index in [1.54, 1.807) is 0 Å². The first kappa shape index (κ1) is 19.4. The topological polar surface area (TPSA) is 47.6 Å². The van der Waals surface area contributed by atoms with Gasteiger partial charge in [-0.3, -0.25) is 0 Å². The van der Waals surface area contributed by atoms with Crippen molar-refractivity contribution in [1.82, 2.24) is 5.32 Å². The van der Waals surface area contributed by atoms with Gasteiger partial charge in [0.15, 0.2) is 0 Å². The summed E-state index contributed by atoms with van der Waals surface area (Å²) in [6.45, 7) is 6.50. The van der Waals surface area contributed by atoms with Crippen LogP contribution < -0.4 is 10.1 Å². The van der Waals surface area contributed by atoms with Gasteiger partial charge in [0.1, 0.15) is 18.0 Å². The van der Waals surface area contributed by atoms with E-state index in [4.69, 9.17) is 9.47 Å². The van der Waals surface area contributed by atoms with E-state index in [1.165, 1.54) is 0 Å². The highest BCUT2D eigenvalue weighted by Gasteiger charge is 2.15. The van der Waals surface area contributed by atoms with Crippen LogP contribution in [-0.2, 0) is 11.3 Å². The number of hydrogen-bond acceptors (Lipinski definition) is 3. The number of carbonyl (C=O) groups excluding carboxylic acids is 1. The maximum Gasteiger partial charge on any atom is 0.407 e. The van der Waals surface area contributed by atoms with Crippen molar-refractivity contribution in [2.45, 2.75) is 39.4 Å². The summed E-state index contributed by atoms with van der Waals surface area (Å²) in [5, 5.41) is 2.68. The fourth-order valence-corrected chi connectivity index (χ4v) is 2.08. The maximum absolute atomic E-state index is 11.5. The van der Waals surface area contributed by atoms with Gasteiger partial charge in [0.2, 0.25) is 0 Å². The molecule has 4 nitrogen and oxygen atoms in total. The van der Waals surface area contributed by atoms with Gasteiger partial charge in [-0.05, 0) is 50.6 Å². The van der Waals surface area contributed by atoms with Crippen molar-refractivity contribution in [3.63, 3.8) is 0 Å². The van der Waals surface area contributed by atoms with Gasteiger partial charge in [-0.2, -0.15) is 0 Å². The molecular weight excluding hydrogens is 326 g/mol. The van der Waals surface area contributed by atoms with E-state index in [-0.39, 0.29) is 0 Å². The molecule has 2 rings (SSSR count). The van der Waals surface area contributed by atoms with E-state index in [0.29, 0.717) is 19.6 Å². The Bertz CT molecular complexity index is 750. The highest BCUT2D eigenvalue weighted by atomic mass is 16.6. The fraction of sp³-hybridized carbons (Fsp3) is 0.318. The number of amides is 1. The molecule has 0 aromatic heterocycles. The van der Waals surface area contributed by atoms with E-state index in [9.17, 15) is 4.79 Å². The number of carbonyl (C=O) groups is 1. The molecule has 0 heterocycles. The zero-order valence-electron chi connectivity index (χ0n) is 15.5. The van der Waals surface area contributed by atoms with Gasteiger partial charge in [-0.15, -0.1) is 0 Å². The van der Waals surface area contributed by atoms with Gasteiger partial charge in [-0.1, -0.05) is 42.2 Å². The molecule has 0 radical (unpaired) electrons. The summed E-state index contributed by atoms with van der Waals surface area (Å²) in [6.07, 6.45) is 0.144. The van der Waals surface area contributed by atoms with E-state index >= 15 is 0 Å². The third kappa shape index (κ3) is 7.76. The van der Waals surface area contributed by atoms with Gasteiger partial charge < -0.3 is 14.8 Å². The van der Waals surface area contributed by atoms with Crippen molar-refractivity contribution in [2.75, 3.05) is 6.54 Å². The van der Waals surface area contributed by atoms with Crippen LogP contribution in [0.1, 0.15) is 38.3 Å². The smallest absolute Gasteiger partial charge is 0.407 e. The van der Waals surface area contributed by atoms with Crippen molar-refractivity contribution in [3.8, 4) is 17.6 Å². The first-order valence-electron chi connectivity index (χ1n) is 8.65. The second kappa shape index (κ2) is 9.53. The molecule has 0 spiro atoms. The van der Waals surface area contributed by atoms with Crippen molar-refractivity contribution < 1.29 is 14.3 Å². The third-order valence-corrected chi connectivity index (χ3v) is 3.25. The second-order valence-corrected chi connectivity index (χ2v) is 6.78. The zero-order valence-corrected chi connectivity index (χ0v) is 15.5. The molecular formula is C22H25NO3. The predicted octanol–water partition coefficient (Wildman–Crippen LogP) is 4.53. The quantitative estimate of drug-likeness (QED) is 0.636. The molecule has 0 atom stereocenters. The van der Waals surface area contributed by atoms with Crippen LogP contribution in [0.5, 0.6) is 5.75 Å². The molecule has 1 N–H and O–H groups in total. The first-order valence-corrected chi connectivity index (χ1v) is 8.65. The lowest BCUT2D eigenvalue weighted by molar-refractivity contribution is 0.0529. The minimum Gasteiger partial charge on any atom is -0.489 e. The number of nitrogens with one attached hydrogen (secondary N) is 1. The fourth-order valence-electron chi connectivity index (χ4n) is 2.08. The second-order valence-electron chi connectivity index (χ2n) is 6.78. The molecule has 26 heavy (non-hydrogen) atoms. The van der Waals surface area contributed by atoms with Crippen LogP contribution in [0.2, 0.25) is 0 Å². The molecule has 136 valence electrons. The van der Waals surface area contributed by atoms with Crippen LogP contribution in [-0.4, -0.2) is 18.2 Å². The van der Waals surface area contributed by atoms with Gasteiger partial charge in [0, 0.05) is 18.5 Å². The molecule has 1 amide bonds. The third-order valence-electron chi connectivity index (χ3n) is 3.25. The summed E-state index contributed by atoms with van der Waals surface area (Å²) in [5.41, 5.74) is 1.56. The average Bonchev–Trinajstić information content (AvgIpc) is 2.60. The Balaban J connectivity index is 1.72. The summed E-state index contributed by atoms with van der Waals surface area (Å²) in [6, 6.07) is 17.7. The van der Waals surface area contributed by atoms with Gasteiger partial charge in [0.05, 0.1) is 0 Å². The molecule has 0 aliphatic heterocycles. The van der Waals surface area contributed by atoms with Crippen molar-refractivity contribution in [2.24, 2.45) is 0 Å². The van der Waals surface area contributed by atoms with E-state index < -0.39 is 11.7 Å². The SMILES string of the molecule is CC(C)(C)OC(=O)NCCC#Cc1ccc(OCc2ccccc2)cc1. The molecule has 0 fully saturated rings. The number of rotatable bonds is 5. The molecule has 4 heteroatoms. The van der Waals surface area contributed by atoms with Crippen molar-refractivity contribution >= 4 is 6.09 Å². The van der Waals surface area contributed by atoms with Crippen LogP contribution in [0.3, 0.4) is 0 Å². The predicted molar refractivity (Wildman–Crippen MR) is 103 cm³/mol. The highest BCUT2D eigenvalue weighted by molar-refractivity contribution is 5.67. The van der Waals surface area contributed by atoms with Gasteiger partial charge in [0.25, 0.3) is 0 Å². The Morgan fingerprint density at radius 3 is 2.38 bits per heavy atom. The van der Waals surface area contributed by atoms with Crippen LogP contribution in [0.15, 0.2) is 54.6 Å². The largest absolute Gasteiger partial charge is 0.489 e. The van der Waals surface area contributed by atoms with Crippen LogP contribution in [0.4, 0.5) is 4.79 Å². The van der Waals surface area contributed by atoms with Gasteiger partial charge >= 0.3 is 6.09 Å². The Kier molecular flexibility index (Phi) is 7.11. The Hall–Kier alpha value is -2.93. The number of hydrogen-bond donors (Lipinski definition) is 1. The summed E-state index contributed by atoms with van der Waals surface area (Å²) in [5.74, 6) is 6.92. The molecule has 2 aromatic carbocycles. The Morgan fingerprint density at radius 1 is 1.04 bits per heavy atom. The minimum absolute atomic E-state index is 0.417. The monoisotopic (exact) mass is 351 g/mol. The number of ether oxygens (including phenoxy) is 2. The Morgan fingerprint density at radius 2 is 1.73 bits per heavy atom. The molecule has 0 aliphatic carbocycles. The highest BCUT2D eigenvalue weighted by Crippen LogP contribution is 2.13. The Labute approximate surface area is 155 Å². The lowest BCUT2D eigenvalue weighted by Crippen LogP contribution is -2.32. The summed E-state index contributed by atoms with van der Waals surface area (Å²) in [7, 11) is 0. The van der Waals surface area contributed by atoms with Crippen LogP contribution in [0, 0.1) is 11.8 Å². The lowest BCUT2D eigenvalue weighted by atomic mass is 10.2. The maximum atomic E-state index is 11.5. The number of alkyl carbamates (subject to hydrolysis) is 1. The molecule has 2 aromatic rings. The van der Waals surface area contributed by atoms with E-state index in [1.807, 2.05) is 75.4 Å². The summed E-state index contributed by atoms with van der Waals surface area (Å²) >= 11 is 0. The molecule has 0 bridgehead atoms. The standard InChI is InChI=1S/C22H25NO3/c1-22(2,3)26-21(24)23-16-8-7-9-18-12-14-20(15-13-18)25-17-19-10-5-4-6-11-19/h4-6,10-15H,8,16-17H2,1-3H3,(H,23,24). The average molecular weight is 351 g/mol. The molecule has 0 aliphatic rings. The van der Waals surface area contributed by atoms with Crippen LogP contribution >= 0.6 is 0 Å². The van der Waals surface area contributed by atoms with Gasteiger partial charge in [-0.25, -0.2) is 4.79 Å². The minimum atomic E-state index is -0.486. The molecule has 0 unspecified atom stereocenters. The number of benzene rings is 2. The first-order chi connectivity index (χ1) is 12.4. The van der Waals surface area contributed by atoms with E-state index in [0.717, 1.165) is 16.9 Å². The van der Waals surface area contributed by atoms with Crippen molar-refractivity contribution in [3.05, 3.63) is 65.7 Å². The van der Waals surface area contributed by atoms with Crippen LogP contribution in [0.25, 0.3) is 0 Å². The summed E-state index contributed by atoms with van der Waals surface area (Å²) in [4.78, 5) is 11.5. The van der Waals surface area contributed by atoms with E-state index in [2.05, 4.69) is 17.2 Å². The molecule has 0 saturated carbocycles. The zero-order chi connectivity index (χ0) is 18.8. The lowest BCUT2D eigenvalue weighted by Gasteiger charge is -2.19. The molecule has 0 saturated heterocycles. The summed E-state index contributed by atoms with van der Waals surface area (Å²) < 4.78 is 10.9. The van der Waals surface area contributed by atoms with Crippen molar-refractivity contribution in [1.29, 1.82) is 0 Å².